The number of nitrogens with one attached hydrogen (secondary N) is 1. The Kier molecular flexibility index (Phi) is 4.00. The van der Waals surface area contributed by atoms with Gasteiger partial charge in [-0.2, -0.15) is 4.98 Å². The van der Waals surface area contributed by atoms with E-state index < -0.39 is 0 Å². The van der Waals surface area contributed by atoms with Gasteiger partial charge >= 0.3 is 0 Å². The molecule has 0 atom stereocenters. The molecule has 0 bridgehead atoms. The summed E-state index contributed by atoms with van der Waals surface area (Å²) in [5.41, 5.74) is 0.0631. The minimum absolute atomic E-state index is 0.104. The topological polar surface area (TPSA) is 116 Å². The van der Waals surface area contributed by atoms with E-state index in [1.807, 2.05) is 0 Å². The average molecular weight is 315 g/mol. The lowest BCUT2D eigenvalue weighted by molar-refractivity contribution is -0.122. The van der Waals surface area contributed by atoms with Crippen molar-refractivity contribution < 1.29 is 13.7 Å². The molecule has 3 aromatic rings. The van der Waals surface area contributed by atoms with E-state index in [2.05, 4.69) is 20.4 Å². The Morgan fingerprint density at radius 1 is 1.43 bits per heavy atom. The van der Waals surface area contributed by atoms with Gasteiger partial charge in [0.1, 0.15) is 12.2 Å². The van der Waals surface area contributed by atoms with Gasteiger partial charge < -0.3 is 14.3 Å². The second-order valence-corrected chi connectivity index (χ2v) is 4.73. The normalized spacial score (nSPS) is 10.7. The minimum atomic E-state index is -0.365. The number of furan rings is 1. The second-order valence-electron chi connectivity index (χ2n) is 4.73. The number of amides is 1. The van der Waals surface area contributed by atoms with E-state index >= 15 is 0 Å². The van der Waals surface area contributed by atoms with Crippen LogP contribution in [0.15, 0.2) is 44.5 Å². The monoisotopic (exact) mass is 315 g/mol. The van der Waals surface area contributed by atoms with Crippen molar-refractivity contribution in [1.82, 2.24) is 25.0 Å². The molecular weight excluding hydrogens is 302 g/mol. The number of carbonyl (C=O) groups is 1. The minimum Gasteiger partial charge on any atom is -0.463 e. The fraction of sp³-hybridized carbons (Fsp3) is 0.214. The highest BCUT2D eigenvalue weighted by atomic mass is 16.5. The van der Waals surface area contributed by atoms with Gasteiger partial charge in [0.15, 0.2) is 11.6 Å². The zero-order valence-electron chi connectivity index (χ0n) is 12.2. The third kappa shape index (κ3) is 3.51. The number of aryl methyl sites for hydroxylation is 1. The number of hydrogen-bond acceptors (Lipinski definition) is 7. The smallest absolute Gasteiger partial charge is 0.254 e. The fourth-order valence-electron chi connectivity index (χ4n) is 1.90. The van der Waals surface area contributed by atoms with Crippen molar-refractivity contribution in [2.75, 3.05) is 0 Å². The molecule has 3 aromatic heterocycles. The summed E-state index contributed by atoms with van der Waals surface area (Å²) in [5, 5.41) is 6.20. The largest absolute Gasteiger partial charge is 0.463 e. The predicted molar refractivity (Wildman–Crippen MR) is 77.1 cm³/mol. The molecule has 1 N–H and O–H groups in total. The van der Waals surface area contributed by atoms with Gasteiger partial charge in [0.05, 0.1) is 19.1 Å². The molecule has 9 nitrogen and oxygen atoms in total. The highest BCUT2D eigenvalue weighted by Gasteiger charge is 2.10. The van der Waals surface area contributed by atoms with E-state index in [-0.39, 0.29) is 24.6 Å². The van der Waals surface area contributed by atoms with Gasteiger partial charge in [0.25, 0.3) is 5.56 Å². The molecule has 0 fully saturated rings. The van der Waals surface area contributed by atoms with Crippen LogP contribution in [0, 0.1) is 6.92 Å². The Morgan fingerprint density at radius 3 is 2.96 bits per heavy atom. The zero-order valence-corrected chi connectivity index (χ0v) is 12.2. The van der Waals surface area contributed by atoms with Crippen LogP contribution in [0.2, 0.25) is 0 Å². The van der Waals surface area contributed by atoms with Crippen molar-refractivity contribution in [2.24, 2.45) is 0 Å². The average Bonchev–Trinajstić information content (AvgIpc) is 3.19. The van der Waals surface area contributed by atoms with Crippen molar-refractivity contribution in [3.05, 3.63) is 52.9 Å². The summed E-state index contributed by atoms with van der Waals surface area (Å²) in [6.45, 7) is 1.63. The van der Waals surface area contributed by atoms with E-state index in [1.165, 1.54) is 23.2 Å². The molecule has 0 saturated carbocycles. The van der Waals surface area contributed by atoms with Gasteiger partial charge in [-0.25, -0.2) is 4.98 Å². The summed E-state index contributed by atoms with van der Waals surface area (Å²) in [5.74, 6) is 0.915. The van der Waals surface area contributed by atoms with Crippen LogP contribution in [-0.2, 0) is 17.9 Å². The Bertz CT molecular complexity index is 865. The molecule has 0 aromatic carbocycles. The summed E-state index contributed by atoms with van der Waals surface area (Å²) in [6.07, 6.45) is 2.80. The maximum Gasteiger partial charge on any atom is 0.254 e. The first kappa shape index (κ1) is 14.7. The molecule has 0 saturated heterocycles. The van der Waals surface area contributed by atoms with Crippen LogP contribution >= 0.6 is 0 Å². The van der Waals surface area contributed by atoms with Crippen molar-refractivity contribution in [3.63, 3.8) is 0 Å². The molecule has 3 heterocycles. The van der Waals surface area contributed by atoms with Gasteiger partial charge in [-0.1, -0.05) is 5.16 Å². The van der Waals surface area contributed by atoms with Gasteiger partial charge in [0, 0.05) is 6.07 Å². The van der Waals surface area contributed by atoms with Gasteiger partial charge in [-0.15, -0.1) is 0 Å². The predicted octanol–water partition coefficient (Wildman–Crippen LogP) is 0.511. The lowest BCUT2D eigenvalue weighted by Gasteiger charge is -2.05. The van der Waals surface area contributed by atoms with Crippen LogP contribution in [-0.4, -0.2) is 25.6 Å². The summed E-state index contributed by atoms with van der Waals surface area (Å²) in [6, 6.07) is 4.72. The molecule has 0 radical (unpaired) electrons. The SMILES string of the molecule is Cc1noc(CNC(=O)Cn2cnc(-c3ccco3)cc2=O)n1. The standard InChI is InChI=1S/C14H13N5O4/c1-9-17-13(23-18-9)6-15-12(20)7-19-8-16-10(5-14(19)21)11-3-2-4-22-11/h2-5,8H,6-7H2,1H3,(H,15,20). The molecule has 3 rings (SSSR count). The van der Waals surface area contributed by atoms with Crippen molar-refractivity contribution in [1.29, 1.82) is 0 Å². The second kappa shape index (κ2) is 6.26. The summed E-state index contributed by atoms with van der Waals surface area (Å²) < 4.78 is 11.2. The van der Waals surface area contributed by atoms with Gasteiger partial charge in [-0.05, 0) is 19.1 Å². The summed E-state index contributed by atoms with van der Waals surface area (Å²) >= 11 is 0. The van der Waals surface area contributed by atoms with Gasteiger partial charge in [0.2, 0.25) is 11.8 Å². The number of nitrogens with zero attached hydrogens (tertiary/aromatic N) is 4. The zero-order chi connectivity index (χ0) is 16.2. The molecule has 0 unspecified atom stereocenters. The molecule has 0 aliphatic carbocycles. The molecule has 0 aliphatic heterocycles. The first-order valence-electron chi connectivity index (χ1n) is 6.78. The van der Waals surface area contributed by atoms with Crippen LogP contribution < -0.4 is 10.9 Å². The van der Waals surface area contributed by atoms with E-state index in [0.29, 0.717) is 23.2 Å². The van der Waals surface area contributed by atoms with Crippen LogP contribution in [0.4, 0.5) is 0 Å². The fourth-order valence-corrected chi connectivity index (χ4v) is 1.90. The maximum absolute atomic E-state index is 12.0. The Labute approximate surface area is 130 Å². The van der Waals surface area contributed by atoms with E-state index in [4.69, 9.17) is 8.94 Å². The van der Waals surface area contributed by atoms with Gasteiger partial charge in [-0.3, -0.25) is 14.2 Å². The quantitative estimate of drug-likeness (QED) is 0.729. The number of aromatic nitrogens is 4. The third-order valence-electron chi connectivity index (χ3n) is 2.97. The molecule has 0 spiro atoms. The van der Waals surface area contributed by atoms with Crippen molar-refractivity contribution in [3.8, 4) is 11.5 Å². The summed E-state index contributed by atoms with van der Waals surface area (Å²) in [4.78, 5) is 31.9. The molecule has 9 heteroatoms. The van der Waals surface area contributed by atoms with Crippen LogP contribution in [0.1, 0.15) is 11.7 Å². The van der Waals surface area contributed by atoms with E-state index in [0.717, 1.165) is 0 Å². The lowest BCUT2D eigenvalue weighted by Crippen LogP contribution is -2.32. The number of carbonyl (C=O) groups excluding carboxylic acids is 1. The highest BCUT2D eigenvalue weighted by Crippen LogP contribution is 2.14. The van der Waals surface area contributed by atoms with Crippen molar-refractivity contribution in [2.45, 2.75) is 20.0 Å². The molecular formula is C14H13N5O4. The Balaban J connectivity index is 1.63. The first-order valence-corrected chi connectivity index (χ1v) is 6.78. The van der Waals surface area contributed by atoms with Crippen LogP contribution in [0.3, 0.4) is 0 Å². The molecule has 118 valence electrons. The van der Waals surface area contributed by atoms with E-state index in [1.54, 1.807) is 19.1 Å². The molecule has 23 heavy (non-hydrogen) atoms. The van der Waals surface area contributed by atoms with E-state index in [9.17, 15) is 9.59 Å². The Hall–Kier alpha value is -3.23. The Morgan fingerprint density at radius 2 is 2.30 bits per heavy atom. The first-order chi connectivity index (χ1) is 11.1. The maximum atomic E-state index is 12.0. The number of hydrogen-bond donors (Lipinski definition) is 1. The summed E-state index contributed by atoms with van der Waals surface area (Å²) in [7, 11) is 0. The number of rotatable bonds is 5. The highest BCUT2D eigenvalue weighted by molar-refractivity contribution is 5.75. The third-order valence-corrected chi connectivity index (χ3v) is 2.97. The van der Waals surface area contributed by atoms with Crippen molar-refractivity contribution >= 4 is 5.91 Å². The van der Waals surface area contributed by atoms with Crippen LogP contribution in [0.5, 0.6) is 0 Å². The molecule has 0 aliphatic rings. The lowest BCUT2D eigenvalue weighted by atomic mass is 10.3. The van der Waals surface area contributed by atoms with Crippen LogP contribution in [0.25, 0.3) is 11.5 Å². The molecule has 1 amide bonds.